The zero-order valence-corrected chi connectivity index (χ0v) is 10.6. The molecule has 1 aliphatic heterocycles. The number of nitrogens with one attached hydrogen (secondary N) is 1. The largest absolute Gasteiger partial charge is 0.472 e. The normalized spacial score (nSPS) is 20.4. The van der Waals surface area contributed by atoms with Crippen molar-refractivity contribution in [3.05, 3.63) is 28.5 Å². The Morgan fingerprint density at radius 3 is 2.58 bits per heavy atom. The van der Waals surface area contributed by atoms with Crippen molar-refractivity contribution in [2.24, 2.45) is 0 Å². The summed E-state index contributed by atoms with van der Waals surface area (Å²) in [6.45, 7) is 0.693. The van der Waals surface area contributed by atoms with Gasteiger partial charge < -0.3 is 4.74 Å². The van der Waals surface area contributed by atoms with Crippen LogP contribution in [0.3, 0.4) is 0 Å². The summed E-state index contributed by atoms with van der Waals surface area (Å²) < 4.78 is 56.7. The summed E-state index contributed by atoms with van der Waals surface area (Å²) in [6, 6.07) is 1.19. The maximum atomic E-state index is 13.7. The lowest BCUT2D eigenvalue weighted by Crippen LogP contribution is -2.38. The zero-order chi connectivity index (χ0) is 14.0. The van der Waals surface area contributed by atoms with Crippen LogP contribution in [0.15, 0.2) is 12.1 Å². The highest BCUT2D eigenvalue weighted by Gasteiger charge is 2.33. The number of benzene rings is 1. The molecule has 0 bridgehead atoms. The van der Waals surface area contributed by atoms with Gasteiger partial charge in [0, 0.05) is 0 Å². The van der Waals surface area contributed by atoms with Crippen molar-refractivity contribution in [2.45, 2.75) is 31.7 Å². The van der Waals surface area contributed by atoms with Crippen LogP contribution in [0.4, 0.5) is 17.6 Å². The molecule has 0 saturated carbocycles. The second-order valence-corrected chi connectivity index (χ2v) is 4.73. The molecule has 1 atom stereocenters. The molecule has 0 spiro atoms. The van der Waals surface area contributed by atoms with E-state index in [1.54, 1.807) is 0 Å². The van der Waals surface area contributed by atoms with Crippen LogP contribution in [0.5, 0.6) is 5.75 Å². The predicted octanol–water partition coefficient (Wildman–Crippen LogP) is 3.98. The third-order valence-electron chi connectivity index (χ3n) is 2.86. The summed E-state index contributed by atoms with van der Waals surface area (Å²) in [4.78, 5) is 0. The molecule has 19 heavy (non-hydrogen) atoms. The summed E-state index contributed by atoms with van der Waals surface area (Å²) in [6.07, 6.45) is -2.61. The second-order valence-electron chi connectivity index (χ2n) is 4.32. The van der Waals surface area contributed by atoms with Crippen molar-refractivity contribution in [1.29, 1.82) is 0 Å². The third-order valence-corrected chi connectivity index (χ3v) is 3.13. The summed E-state index contributed by atoms with van der Waals surface area (Å²) in [5.74, 6) is -1.44. The average Bonchev–Trinajstić information content (AvgIpc) is 2.34. The lowest BCUT2D eigenvalue weighted by Gasteiger charge is -2.25. The molecule has 1 aliphatic rings. The van der Waals surface area contributed by atoms with E-state index in [4.69, 9.17) is 16.3 Å². The number of alkyl halides is 3. The molecule has 2 rings (SSSR count). The molecule has 1 aromatic carbocycles. The highest BCUT2D eigenvalue weighted by Crippen LogP contribution is 2.36. The van der Waals surface area contributed by atoms with Gasteiger partial charge in [0.05, 0.1) is 10.6 Å². The van der Waals surface area contributed by atoms with Gasteiger partial charge in [-0.3, -0.25) is 5.32 Å². The number of halogens is 5. The van der Waals surface area contributed by atoms with Crippen LogP contribution in [0.2, 0.25) is 5.02 Å². The van der Waals surface area contributed by atoms with Crippen LogP contribution >= 0.6 is 11.6 Å². The van der Waals surface area contributed by atoms with E-state index in [2.05, 4.69) is 5.32 Å². The molecule has 0 radical (unpaired) electrons. The molecular weight excluding hydrogens is 286 g/mol. The fraction of sp³-hybridized carbons (Fsp3) is 0.500. The third kappa shape index (κ3) is 3.51. The molecule has 106 valence electrons. The number of hydrogen-bond donors (Lipinski definition) is 1. The number of rotatable bonds is 2. The van der Waals surface area contributed by atoms with E-state index in [0.717, 1.165) is 12.8 Å². The Kier molecular flexibility index (Phi) is 4.20. The fourth-order valence-corrected chi connectivity index (χ4v) is 2.10. The van der Waals surface area contributed by atoms with Gasteiger partial charge in [-0.25, -0.2) is 4.39 Å². The Bertz CT molecular complexity index is 458. The van der Waals surface area contributed by atoms with Gasteiger partial charge >= 0.3 is 6.18 Å². The van der Waals surface area contributed by atoms with Crippen molar-refractivity contribution in [2.75, 3.05) is 6.54 Å². The summed E-state index contributed by atoms with van der Waals surface area (Å²) >= 11 is 5.47. The minimum atomic E-state index is -4.59. The lowest BCUT2D eigenvalue weighted by atomic mass is 10.1. The van der Waals surface area contributed by atoms with Crippen LogP contribution < -0.4 is 10.1 Å². The van der Waals surface area contributed by atoms with Gasteiger partial charge in [-0.15, -0.1) is 0 Å². The van der Waals surface area contributed by atoms with Gasteiger partial charge in [-0.05, 0) is 37.9 Å². The van der Waals surface area contributed by atoms with Crippen molar-refractivity contribution in [1.82, 2.24) is 5.32 Å². The SMILES string of the molecule is Fc1c(Cl)cc(C(F)(F)F)cc1OC1CCCCN1. The summed E-state index contributed by atoms with van der Waals surface area (Å²) in [5.41, 5.74) is -1.02. The first-order valence-corrected chi connectivity index (χ1v) is 6.22. The molecule has 7 heteroatoms. The molecule has 1 saturated heterocycles. The molecule has 1 heterocycles. The first kappa shape index (κ1) is 14.4. The Labute approximate surface area is 112 Å². The van der Waals surface area contributed by atoms with Crippen molar-refractivity contribution < 1.29 is 22.3 Å². The molecular formula is C12H12ClF4NO. The topological polar surface area (TPSA) is 21.3 Å². The molecule has 1 N–H and O–H groups in total. The van der Waals surface area contributed by atoms with E-state index in [9.17, 15) is 17.6 Å². The van der Waals surface area contributed by atoms with E-state index in [1.807, 2.05) is 0 Å². The number of piperidine rings is 1. The number of ether oxygens (including phenoxy) is 1. The quantitative estimate of drug-likeness (QED) is 0.834. The average molecular weight is 298 g/mol. The minimum absolute atomic E-state index is 0.473. The van der Waals surface area contributed by atoms with Crippen LogP contribution in [0, 0.1) is 5.82 Å². The van der Waals surface area contributed by atoms with Crippen molar-refractivity contribution >= 4 is 11.6 Å². The van der Waals surface area contributed by atoms with E-state index >= 15 is 0 Å². The van der Waals surface area contributed by atoms with Gasteiger partial charge in [0.2, 0.25) is 0 Å². The Hall–Kier alpha value is -1.01. The van der Waals surface area contributed by atoms with E-state index in [-0.39, 0.29) is 0 Å². The Balaban J connectivity index is 2.25. The molecule has 1 unspecified atom stereocenters. The molecule has 0 aliphatic carbocycles. The molecule has 1 fully saturated rings. The van der Waals surface area contributed by atoms with Crippen LogP contribution in [0.1, 0.15) is 24.8 Å². The standard InChI is InChI=1S/C12H12ClF4NO/c13-8-5-7(12(15,16)17)6-9(11(8)14)19-10-3-1-2-4-18-10/h5-6,10,18H,1-4H2. The minimum Gasteiger partial charge on any atom is -0.472 e. The summed E-state index contributed by atoms with van der Waals surface area (Å²) in [5, 5.41) is 2.36. The Morgan fingerprint density at radius 1 is 1.26 bits per heavy atom. The van der Waals surface area contributed by atoms with E-state index < -0.39 is 34.6 Å². The lowest BCUT2D eigenvalue weighted by molar-refractivity contribution is -0.137. The van der Waals surface area contributed by atoms with Gasteiger partial charge in [0.1, 0.15) is 6.23 Å². The second kappa shape index (κ2) is 5.54. The van der Waals surface area contributed by atoms with Crippen LogP contribution in [0.25, 0.3) is 0 Å². The highest BCUT2D eigenvalue weighted by molar-refractivity contribution is 6.31. The molecule has 1 aromatic rings. The molecule has 0 amide bonds. The predicted molar refractivity (Wildman–Crippen MR) is 62.7 cm³/mol. The molecule has 0 aromatic heterocycles. The van der Waals surface area contributed by atoms with Gasteiger partial charge in [0.25, 0.3) is 0 Å². The van der Waals surface area contributed by atoms with E-state index in [1.165, 1.54) is 0 Å². The van der Waals surface area contributed by atoms with Gasteiger partial charge in [-0.1, -0.05) is 11.6 Å². The monoisotopic (exact) mass is 297 g/mol. The van der Waals surface area contributed by atoms with Crippen molar-refractivity contribution in [3.63, 3.8) is 0 Å². The maximum Gasteiger partial charge on any atom is 0.416 e. The smallest absolute Gasteiger partial charge is 0.416 e. The first-order chi connectivity index (χ1) is 8.88. The fourth-order valence-electron chi connectivity index (χ4n) is 1.89. The molecule has 2 nitrogen and oxygen atoms in total. The maximum absolute atomic E-state index is 13.7. The highest BCUT2D eigenvalue weighted by atomic mass is 35.5. The van der Waals surface area contributed by atoms with Gasteiger partial charge in [0.15, 0.2) is 11.6 Å². The van der Waals surface area contributed by atoms with Crippen LogP contribution in [-0.2, 0) is 6.18 Å². The van der Waals surface area contributed by atoms with Crippen LogP contribution in [-0.4, -0.2) is 12.8 Å². The van der Waals surface area contributed by atoms with Crippen molar-refractivity contribution in [3.8, 4) is 5.75 Å². The van der Waals surface area contributed by atoms with E-state index in [0.29, 0.717) is 25.1 Å². The zero-order valence-electron chi connectivity index (χ0n) is 9.86. The Morgan fingerprint density at radius 2 is 2.00 bits per heavy atom. The number of hydrogen-bond acceptors (Lipinski definition) is 2. The first-order valence-electron chi connectivity index (χ1n) is 5.84. The van der Waals surface area contributed by atoms with Gasteiger partial charge in [-0.2, -0.15) is 13.2 Å². The summed E-state index contributed by atoms with van der Waals surface area (Å²) in [7, 11) is 0.